The zero-order valence-corrected chi connectivity index (χ0v) is 20.4. The van der Waals surface area contributed by atoms with Crippen molar-refractivity contribution < 1.29 is 8.42 Å². The molecule has 1 aliphatic heterocycles. The van der Waals surface area contributed by atoms with Crippen LogP contribution in [-0.4, -0.2) is 74.8 Å². The van der Waals surface area contributed by atoms with Gasteiger partial charge in [0.15, 0.2) is 15.8 Å². The number of benzene rings is 1. The third-order valence-electron chi connectivity index (χ3n) is 4.91. The van der Waals surface area contributed by atoms with Gasteiger partial charge in [0.05, 0.1) is 18.1 Å². The van der Waals surface area contributed by atoms with E-state index in [1.807, 2.05) is 17.8 Å². The van der Waals surface area contributed by atoms with Gasteiger partial charge in [-0.3, -0.25) is 9.89 Å². The van der Waals surface area contributed by atoms with Crippen molar-refractivity contribution in [2.75, 3.05) is 50.8 Å². The second kappa shape index (κ2) is 11.0. The van der Waals surface area contributed by atoms with Crippen LogP contribution < -0.4 is 10.6 Å². The lowest BCUT2D eigenvalue weighted by atomic mass is 10.4. The number of nitrogens with one attached hydrogen (secondary N) is 2. The lowest BCUT2D eigenvalue weighted by Gasteiger charge is -2.26. The normalized spacial score (nSPS) is 20.8. The minimum atomic E-state index is -2.81. The Hall–Kier alpha value is -0.520. The second-order valence-electron chi connectivity index (χ2n) is 7.21. The van der Waals surface area contributed by atoms with E-state index in [4.69, 9.17) is 4.99 Å². The molecule has 0 radical (unpaired) electrons. The summed E-state index contributed by atoms with van der Waals surface area (Å²) < 4.78 is 23.3. The molecule has 1 aromatic carbocycles. The molecule has 2 aliphatic rings. The van der Waals surface area contributed by atoms with Crippen LogP contribution in [0.15, 0.2) is 40.2 Å². The minimum Gasteiger partial charge on any atom is -0.357 e. The first-order valence-electron chi connectivity index (χ1n) is 9.69. The predicted octanol–water partition coefficient (Wildman–Crippen LogP) is 2.21. The minimum absolute atomic E-state index is 0. The van der Waals surface area contributed by atoms with Crippen molar-refractivity contribution in [3.05, 3.63) is 30.3 Å². The van der Waals surface area contributed by atoms with E-state index in [2.05, 4.69) is 46.7 Å². The van der Waals surface area contributed by atoms with E-state index in [-0.39, 0.29) is 40.2 Å². The Kier molecular flexibility index (Phi) is 9.36. The van der Waals surface area contributed by atoms with E-state index in [9.17, 15) is 8.42 Å². The van der Waals surface area contributed by atoms with Crippen LogP contribution in [0, 0.1) is 0 Å². The van der Waals surface area contributed by atoms with Crippen LogP contribution >= 0.6 is 35.7 Å². The fourth-order valence-corrected chi connectivity index (χ4v) is 5.55. The Morgan fingerprint density at radius 2 is 1.86 bits per heavy atom. The highest BCUT2D eigenvalue weighted by atomic mass is 127. The predicted molar refractivity (Wildman–Crippen MR) is 129 cm³/mol. The number of aliphatic imine (C=N–C) groups is 1. The number of halogens is 1. The van der Waals surface area contributed by atoms with Crippen LogP contribution in [0.1, 0.15) is 19.8 Å². The fourth-order valence-electron chi connectivity index (χ4n) is 3.04. The lowest BCUT2D eigenvalue weighted by Crippen LogP contribution is -2.46. The van der Waals surface area contributed by atoms with E-state index in [0.29, 0.717) is 13.1 Å². The SMILES string of the molecule is CCNC(=NCC1(Sc2ccccc2)CC1)NCCN1CCS(=O)(=O)CC1.I. The van der Waals surface area contributed by atoms with Crippen molar-refractivity contribution in [3.8, 4) is 0 Å². The zero-order chi connectivity index (χ0) is 19.2. The molecule has 0 amide bonds. The van der Waals surface area contributed by atoms with Crippen molar-refractivity contribution in [3.63, 3.8) is 0 Å². The Morgan fingerprint density at radius 1 is 1.18 bits per heavy atom. The number of hydrogen-bond donors (Lipinski definition) is 2. The molecular weight excluding hydrogens is 507 g/mol. The van der Waals surface area contributed by atoms with Crippen LogP contribution in [0.4, 0.5) is 0 Å². The summed E-state index contributed by atoms with van der Waals surface area (Å²) in [5, 5.41) is 6.70. The average molecular weight is 539 g/mol. The molecule has 9 heteroatoms. The summed E-state index contributed by atoms with van der Waals surface area (Å²) in [7, 11) is -2.81. The Bertz CT molecular complexity index is 726. The van der Waals surface area contributed by atoms with Gasteiger partial charge in [-0.2, -0.15) is 0 Å². The Balaban J connectivity index is 0.00000280. The molecule has 2 N–H and O–H groups in total. The van der Waals surface area contributed by atoms with Crippen molar-refractivity contribution in [1.29, 1.82) is 0 Å². The molecule has 1 heterocycles. The van der Waals surface area contributed by atoms with Crippen LogP contribution in [0.5, 0.6) is 0 Å². The average Bonchev–Trinajstić information content (AvgIpc) is 3.41. The summed E-state index contributed by atoms with van der Waals surface area (Å²) in [5.41, 5.74) is 0. The van der Waals surface area contributed by atoms with Gasteiger partial charge in [-0.25, -0.2) is 8.42 Å². The summed E-state index contributed by atoms with van der Waals surface area (Å²) in [5.74, 6) is 1.41. The third kappa shape index (κ3) is 7.72. The highest BCUT2D eigenvalue weighted by Gasteiger charge is 2.43. The monoisotopic (exact) mass is 538 g/mol. The summed E-state index contributed by atoms with van der Waals surface area (Å²) in [4.78, 5) is 8.32. The molecule has 0 unspecified atom stereocenters. The second-order valence-corrected chi connectivity index (χ2v) is 11.1. The first kappa shape index (κ1) is 23.8. The molecule has 3 rings (SSSR count). The van der Waals surface area contributed by atoms with Gasteiger partial charge < -0.3 is 10.6 Å². The van der Waals surface area contributed by atoms with Gasteiger partial charge in [-0.05, 0) is 31.9 Å². The molecule has 0 aromatic heterocycles. The van der Waals surface area contributed by atoms with Gasteiger partial charge >= 0.3 is 0 Å². The van der Waals surface area contributed by atoms with E-state index >= 15 is 0 Å². The van der Waals surface area contributed by atoms with Crippen LogP contribution in [0.2, 0.25) is 0 Å². The molecule has 0 atom stereocenters. The molecule has 1 saturated heterocycles. The Morgan fingerprint density at radius 3 is 2.46 bits per heavy atom. The number of hydrogen-bond acceptors (Lipinski definition) is 5. The van der Waals surface area contributed by atoms with Crippen molar-refractivity contribution in [2.45, 2.75) is 29.4 Å². The standard InChI is InChI=1S/C19H30N4O2S2.HI/c1-2-20-18(21-10-11-23-12-14-27(24,25)15-13-23)22-16-19(8-9-19)26-17-6-4-3-5-7-17;/h3-7H,2,8-16H2,1H3,(H2,20,21,22);1H. The summed E-state index contributed by atoms with van der Waals surface area (Å²) >= 11 is 1.94. The largest absolute Gasteiger partial charge is 0.357 e. The van der Waals surface area contributed by atoms with E-state index < -0.39 is 9.84 Å². The number of thioether (sulfide) groups is 1. The molecule has 2 fully saturated rings. The maximum absolute atomic E-state index is 11.5. The summed E-state index contributed by atoms with van der Waals surface area (Å²) in [6, 6.07) is 10.5. The highest BCUT2D eigenvalue weighted by Crippen LogP contribution is 2.51. The van der Waals surface area contributed by atoms with E-state index in [0.717, 1.165) is 32.1 Å². The van der Waals surface area contributed by atoms with Gasteiger partial charge in [-0.15, -0.1) is 35.7 Å². The summed E-state index contributed by atoms with van der Waals surface area (Å²) in [6.07, 6.45) is 2.41. The van der Waals surface area contributed by atoms with Crippen LogP contribution in [0.25, 0.3) is 0 Å². The molecule has 28 heavy (non-hydrogen) atoms. The first-order valence-corrected chi connectivity index (χ1v) is 12.3. The molecule has 0 spiro atoms. The first-order chi connectivity index (χ1) is 13.0. The van der Waals surface area contributed by atoms with Gasteiger partial charge in [0.25, 0.3) is 0 Å². The maximum atomic E-state index is 11.5. The van der Waals surface area contributed by atoms with Crippen LogP contribution in [0.3, 0.4) is 0 Å². The third-order valence-corrected chi connectivity index (χ3v) is 8.00. The van der Waals surface area contributed by atoms with Gasteiger partial charge in [-0.1, -0.05) is 18.2 Å². The highest BCUT2D eigenvalue weighted by molar-refractivity contribution is 14.0. The molecule has 158 valence electrons. The molecule has 6 nitrogen and oxygen atoms in total. The molecule has 1 saturated carbocycles. The number of sulfone groups is 1. The van der Waals surface area contributed by atoms with Crippen molar-refractivity contribution in [2.24, 2.45) is 4.99 Å². The van der Waals surface area contributed by atoms with E-state index in [1.165, 1.54) is 17.7 Å². The molecule has 0 bridgehead atoms. The topological polar surface area (TPSA) is 73.8 Å². The smallest absolute Gasteiger partial charge is 0.191 e. The fraction of sp³-hybridized carbons (Fsp3) is 0.632. The quantitative estimate of drug-likeness (QED) is 0.301. The molecule has 1 aliphatic carbocycles. The number of rotatable bonds is 8. The van der Waals surface area contributed by atoms with Crippen LogP contribution in [-0.2, 0) is 9.84 Å². The maximum Gasteiger partial charge on any atom is 0.191 e. The van der Waals surface area contributed by atoms with Crippen molar-refractivity contribution >= 4 is 51.5 Å². The van der Waals surface area contributed by atoms with E-state index in [1.54, 1.807) is 0 Å². The van der Waals surface area contributed by atoms with Gasteiger partial charge in [0, 0.05) is 42.4 Å². The number of nitrogens with zero attached hydrogens (tertiary/aromatic N) is 2. The van der Waals surface area contributed by atoms with Gasteiger partial charge in [0.2, 0.25) is 0 Å². The number of guanidine groups is 1. The molecule has 1 aromatic rings. The van der Waals surface area contributed by atoms with Gasteiger partial charge in [0.1, 0.15) is 0 Å². The molecular formula is C19H31IN4O2S2. The van der Waals surface area contributed by atoms with Crippen molar-refractivity contribution in [1.82, 2.24) is 15.5 Å². The Labute approximate surface area is 190 Å². The summed E-state index contributed by atoms with van der Waals surface area (Å²) in [6.45, 7) is 6.58. The lowest BCUT2D eigenvalue weighted by molar-refractivity contribution is 0.299. The zero-order valence-electron chi connectivity index (χ0n) is 16.4.